The minimum absolute atomic E-state index is 1.54. The first kappa shape index (κ1) is 4.30. The van der Waals surface area contributed by atoms with Gasteiger partial charge in [-0.1, -0.05) is 12.0 Å². The van der Waals surface area contributed by atoms with E-state index in [-0.39, 0.29) is 0 Å². The quantitative estimate of drug-likeness (QED) is 0.400. The Morgan fingerprint density at radius 3 is 2.40 bits per heavy atom. The van der Waals surface area contributed by atoms with Crippen LogP contribution in [0.1, 0.15) is 0 Å². The van der Waals surface area contributed by atoms with Gasteiger partial charge in [-0.3, -0.25) is 0 Å². The summed E-state index contributed by atoms with van der Waals surface area (Å²) in [7, 11) is 0. The summed E-state index contributed by atoms with van der Waals surface area (Å²) in [5, 5.41) is 0. The highest BCUT2D eigenvalue weighted by Crippen LogP contribution is 1.65. The average Bonchev–Trinajstić information content (AvgIpc) is 1.41. The van der Waals surface area contributed by atoms with Crippen LogP contribution in [0, 0.1) is 18.8 Å². The highest BCUT2D eigenvalue weighted by Gasteiger charge is 1.53. The lowest BCUT2D eigenvalue weighted by Gasteiger charge is -1.59. The molecule has 0 unspecified atom stereocenters. The molecular formula is C5H5. The van der Waals surface area contributed by atoms with Crippen LogP contribution in [0.5, 0.6) is 0 Å². The van der Waals surface area contributed by atoms with Gasteiger partial charge in [-0.05, 0) is 0 Å². The van der Waals surface area contributed by atoms with Crippen LogP contribution in [0.3, 0.4) is 0 Å². The Kier molecular flexibility index (Phi) is 2.84. The normalized spacial score (nSPS) is 5.40. The first-order chi connectivity index (χ1) is 2.41. The van der Waals surface area contributed by atoms with Crippen LogP contribution < -0.4 is 0 Å². The summed E-state index contributed by atoms with van der Waals surface area (Å²) in [6.45, 7) is 3.35. The third-order valence-electron chi connectivity index (χ3n) is 0.214. The summed E-state index contributed by atoms with van der Waals surface area (Å²) in [5.41, 5.74) is 0. The first-order valence-corrected chi connectivity index (χ1v) is 1.32. The predicted octanol–water partition coefficient (Wildman–Crippen LogP) is 1.01. The van der Waals surface area contributed by atoms with Crippen molar-refractivity contribution in [3.63, 3.8) is 0 Å². The van der Waals surface area contributed by atoms with Gasteiger partial charge in [0, 0.05) is 0 Å². The molecular weight excluding hydrogens is 60.1 g/mol. The van der Waals surface area contributed by atoms with Crippen LogP contribution >= 0.6 is 0 Å². The summed E-state index contributed by atoms with van der Waals surface area (Å²) in [4.78, 5) is 0. The highest BCUT2D eigenvalue weighted by atomic mass is 13.6. The van der Waals surface area contributed by atoms with E-state index < -0.39 is 0 Å². The molecule has 0 aliphatic heterocycles. The first-order valence-electron chi connectivity index (χ1n) is 1.32. The summed E-state index contributed by atoms with van der Waals surface area (Å²) in [6, 6.07) is 0. The lowest BCUT2D eigenvalue weighted by molar-refractivity contribution is 1.91. The second-order valence-electron chi connectivity index (χ2n) is 0.569. The fourth-order valence-corrected chi connectivity index (χ4v) is 0.0680. The van der Waals surface area contributed by atoms with Gasteiger partial charge in [0.05, 0.1) is 6.42 Å². The summed E-state index contributed by atoms with van der Waals surface area (Å²) < 4.78 is 0. The van der Waals surface area contributed by atoms with E-state index in [0.717, 1.165) is 0 Å². The minimum atomic E-state index is 1.54. The number of allylic oxidation sites excluding steroid dienone is 1. The number of terminal acetylenes is 1. The molecule has 5 heavy (non-hydrogen) atoms. The van der Waals surface area contributed by atoms with Crippen molar-refractivity contribution in [1.82, 2.24) is 0 Å². The fraction of sp³-hybridized carbons (Fsp3) is 0. The molecule has 0 aliphatic carbocycles. The molecule has 0 N–H and O–H groups in total. The molecule has 0 rings (SSSR count). The molecule has 0 aliphatic rings. The molecule has 0 amide bonds. The summed E-state index contributed by atoms with van der Waals surface area (Å²) >= 11 is 0. The third kappa shape index (κ3) is 3.30. The van der Waals surface area contributed by atoms with Gasteiger partial charge in [-0.2, -0.15) is 0 Å². The topological polar surface area (TPSA) is 0 Å². The molecule has 0 atom stereocenters. The van der Waals surface area contributed by atoms with Crippen LogP contribution in [-0.2, 0) is 0 Å². The van der Waals surface area contributed by atoms with E-state index in [1.165, 1.54) is 0 Å². The molecule has 0 spiro atoms. The smallest absolute Gasteiger partial charge is 0.0550 e. The lowest BCUT2D eigenvalue weighted by Crippen LogP contribution is -1.47. The van der Waals surface area contributed by atoms with Crippen molar-refractivity contribution in [1.29, 1.82) is 0 Å². The van der Waals surface area contributed by atoms with Gasteiger partial charge in [-0.25, -0.2) is 0 Å². The third-order valence-corrected chi connectivity index (χ3v) is 0.214. The minimum Gasteiger partial charge on any atom is -0.119 e. The molecule has 0 bridgehead atoms. The van der Waals surface area contributed by atoms with Crippen LogP contribution in [0.2, 0.25) is 0 Å². The molecule has 0 fully saturated rings. The van der Waals surface area contributed by atoms with Crippen molar-refractivity contribution >= 4 is 0 Å². The van der Waals surface area contributed by atoms with Gasteiger partial charge >= 0.3 is 0 Å². The second kappa shape index (κ2) is 3.30. The monoisotopic (exact) mass is 65.0 g/mol. The van der Waals surface area contributed by atoms with Gasteiger partial charge in [-0.15, -0.1) is 13.0 Å². The van der Waals surface area contributed by atoms with Crippen molar-refractivity contribution in [2.45, 2.75) is 0 Å². The molecule has 0 heteroatoms. The van der Waals surface area contributed by atoms with Crippen molar-refractivity contribution in [2.75, 3.05) is 0 Å². The Hall–Kier alpha value is -0.700. The molecule has 1 radical (unpaired) electrons. The zero-order chi connectivity index (χ0) is 4.12. The zero-order valence-corrected chi connectivity index (χ0v) is 2.94. The van der Waals surface area contributed by atoms with Crippen molar-refractivity contribution < 1.29 is 0 Å². The van der Waals surface area contributed by atoms with E-state index in [4.69, 9.17) is 6.42 Å². The van der Waals surface area contributed by atoms with E-state index in [0.29, 0.717) is 0 Å². The predicted molar refractivity (Wildman–Crippen MR) is 23.3 cm³/mol. The molecule has 0 aromatic rings. The SMILES string of the molecule is C#C[CH]C=C. The average molecular weight is 65.1 g/mol. The van der Waals surface area contributed by atoms with E-state index in [9.17, 15) is 0 Å². The fourth-order valence-electron chi connectivity index (χ4n) is 0.0680. The highest BCUT2D eigenvalue weighted by molar-refractivity contribution is 5.10. The maximum absolute atomic E-state index is 4.76. The number of rotatable bonds is 1. The molecule has 25 valence electrons. The molecule has 0 saturated carbocycles. The Balaban J connectivity index is 2.75. The maximum atomic E-state index is 4.76. The Morgan fingerprint density at radius 2 is 2.40 bits per heavy atom. The van der Waals surface area contributed by atoms with E-state index in [1.54, 1.807) is 12.5 Å². The number of hydrogen-bond donors (Lipinski definition) is 0. The molecule has 0 saturated heterocycles. The maximum Gasteiger partial charge on any atom is 0.0550 e. The largest absolute Gasteiger partial charge is 0.119 e. The summed E-state index contributed by atoms with van der Waals surface area (Å²) in [6.07, 6.45) is 7.87. The summed E-state index contributed by atoms with van der Waals surface area (Å²) in [5.74, 6) is 2.27. The van der Waals surface area contributed by atoms with Crippen LogP contribution in [0.15, 0.2) is 12.7 Å². The van der Waals surface area contributed by atoms with Gasteiger partial charge < -0.3 is 0 Å². The molecule has 0 nitrogen and oxygen atoms in total. The van der Waals surface area contributed by atoms with Crippen molar-refractivity contribution in [3.05, 3.63) is 19.1 Å². The van der Waals surface area contributed by atoms with Gasteiger partial charge in [0.1, 0.15) is 0 Å². The second-order valence-corrected chi connectivity index (χ2v) is 0.569. The van der Waals surface area contributed by atoms with Crippen LogP contribution in [0.4, 0.5) is 0 Å². The van der Waals surface area contributed by atoms with Gasteiger partial charge in [0.2, 0.25) is 0 Å². The Morgan fingerprint density at radius 1 is 1.80 bits per heavy atom. The number of hydrogen-bond acceptors (Lipinski definition) is 0. The molecule has 0 aromatic carbocycles. The van der Waals surface area contributed by atoms with E-state index in [1.807, 2.05) is 0 Å². The molecule has 0 aromatic heterocycles. The van der Waals surface area contributed by atoms with Crippen molar-refractivity contribution in [2.24, 2.45) is 0 Å². The zero-order valence-electron chi connectivity index (χ0n) is 2.94. The van der Waals surface area contributed by atoms with Crippen LogP contribution in [-0.4, -0.2) is 0 Å². The molecule has 0 heterocycles. The van der Waals surface area contributed by atoms with Gasteiger partial charge in [0.15, 0.2) is 0 Å². The Labute approximate surface area is 32.5 Å². The standard InChI is InChI=1S/C5H5/c1-3-5-4-2/h1,4-5H,2H2. The van der Waals surface area contributed by atoms with E-state index in [2.05, 4.69) is 12.5 Å². The lowest BCUT2D eigenvalue weighted by atomic mass is 10.5. The van der Waals surface area contributed by atoms with Gasteiger partial charge in [0.25, 0.3) is 0 Å². The Bertz CT molecular complexity index is 54.9. The van der Waals surface area contributed by atoms with Crippen LogP contribution in [0.25, 0.3) is 0 Å². The van der Waals surface area contributed by atoms with Crippen molar-refractivity contribution in [3.8, 4) is 12.3 Å². The van der Waals surface area contributed by atoms with E-state index >= 15 is 0 Å².